The van der Waals surface area contributed by atoms with Gasteiger partial charge in [0, 0.05) is 16.8 Å². The SMILES string of the molecule is Cc1cc(C)c(P(=O)(CCC2=C([Si](C)(C)C)[P+](c3ccccc3)(c3ccccc3)[B-]2(c2c(F)c(F)c(F)c(F)c2F)c2c(F)c(F)c(F)c(F)c2F)c2c(C)cc(C)cc2C)c(C)c1. The van der Waals surface area contributed by atoms with E-state index < -0.39 is 110 Å². The lowest BCUT2D eigenvalue weighted by molar-refractivity contribution is 0.382. The fourth-order valence-electron chi connectivity index (χ4n) is 11.3. The van der Waals surface area contributed by atoms with E-state index in [2.05, 4.69) is 0 Å². The van der Waals surface area contributed by atoms with Gasteiger partial charge in [0.05, 0.1) is 10.6 Å². The summed E-state index contributed by atoms with van der Waals surface area (Å²) < 4.78 is 181. The molecule has 7 rings (SSSR count). The van der Waals surface area contributed by atoms with Crippen molar-refractivity contribution < 1.29 is 48.5 Å². The van der Waals surface area contributed by atoms with Crippen LogP contribution in [0.2, 0.25) is 19.6 Å². The summed E-state index contributed by atoms with van der Waals surface area (Å²) in [5.74, 6) is -29.5. The standard InChI is InChI=1S/C49H45BF10OP2Si/c1-26-22-28(3)47(29(4)23-26)62(61,48-30(5)24-27(2)25-31(48)6)21-20-34-49(64(7,8)9)63(32-16-12-10-13-17-32,33-18-14-11-15-19-33)50(34,35-37(51)41(55)45(59)42(56)38(35)52)36-39(53)43(57)46(60)44(58)40(36)54/h10-19,22-25H,20-21H2,1-9H3. The molecule has 0 spiro atoms. The van der Waals surface area contributed by atoms with Gasteiger partial charge in [0.25, 0.3) is 5.87 Å². The molecule has 0 saturated carbocycles. The van der Waals surface area contributed by atoms with E-state index >= 15 is 48.5 Å². The zero-order valence-corrected chi connectivity index (χ0v) is 39.4. The average Bonchev–Trinajstić information content (AvgIpc) is 3.22. The predicted molar refractivity (Wildman–Crippen MR) is 245 cm³/mol. The molecule has 0 unspecified atom stereocenters. The van der Waals surface area contributed by atoms with E-state index in [0.717, 1.165) is 11.1 Å². The van der Waals surface area contributed by atoms with Crippen LogP contribution < -0.4 is 32.1 Å². The highest BCUT2D eigenvalue weighted by molar-refractivity contribution is 8.27. The third kappa shape index (κ3) is 6.73. The maximum Gasteiger partial charge on any atom is 0.272 e. The molecule has 0 fully saturated rings. The third-order valence-electron chi connectivity index (χ3n) is 12.8. The number of aryl methyl sites for hydroxylation is 6. The predicted octanol–water partition coefficient (Wildman–Crippen LogP) is 11.7. The van der Waals surface area contributed by atoms with Gasteiger partial charge in [0.1, 0.15) is 38.5 Å². The molecule has 6 aromatic rings. The normalized spacial score (nSPS) is 14.9. The lowest BCUT2D eigenvalue weighted by Crippen LogP contribution is -2.76. The van der Waals surface area contributed by atoms with Crippen molar-refractivity contribution in [2.45, 2.75) is 67.6 Å². The van der Waals surface area contributed by atoms with Crippen LogP contribution in [0.1, 0.15) is 39.8 Å². The molecule has 0 bridgehead atoms. The maximum atomic E-state index is 17.4. The third-order valence-corrected chi connectivity index (χ3v) is 26.5. The van der Waals surface area contributed by atoms with E-state index in [1.54, 1.807) is 39.8 Å². The highest BCUT2D eigenvalue weighted by atomic mass is 31.2. The summed E-state index contributed by atoms with van der Waals surface area (Å²) in [4.78, 5) is 0.381. The highest BCUT2D eigenvalue weighted by Gasteiger charge is 2.74. The number of hydrogen-bond acceptors (Lipinski definition) is 1. The lowest BCUT2D eigenvalue weighted by atomic mass is 9.32. The fraction of sp³-hybridized carbons (Fsp3) is 0.224. The summed E-state index contributed by atoms with van der Waals surface area (Å²) in [6.07, 6.45) is -1.000. The summed E-state index contributed by atoms with van der Waals surface area (Å²) in [5, 5.41) is 1.13. The molecule has 0 radical (unpaired) electrons. The summed E-state index contributed by atoms with van der Waals surface area (Å²) in [6.45, 7) is 16.3. The van der Waals surface area contributed by atoms with E-state index in [9.17, 15) is 0 Å². The Balaban J connectivity index is 1.79. The summed E-state index contributed by atoms with van der Waals surface area (Å²) >= 11 is 0. The van der Waals surface area contributed by atoms with Crippen LogP contribution in [-0.2, 0) is 4.57 Å². The molecule has 1 nitrogen and oxygen atoms in total. The van der Waals surface area contributed by atoms with Crippen molar-refractivity contribution in [3.63, 3.8) is 0 Å². The van der Waals surface area contributed by atoms with Crippen LogP contribution >= 0.6 is 14.3 Å². The van der Waals surface area contributed by atoms with Crippen molar-refractivity contribution in [1.29, 1.82) is 0 Å². The Morgan fingerprint density at radius 1 is 0.484 bits per heavy atom. The first-order chi connectivity index (χ1) is 29.9. The molecule has 1 aliphatic heterocycles. The molecule has 0 atom stereocenters. The second kappa shape index (κ2) is 16.6. The van der Waals surface area contributed by atoms with Crippen LogP contribution in [0, 0.1) is 99.7 Å². The maximum absolute atomic E-state index is 17.4. The van der Waals surface area contributed by atoms with Gasteiger partial charge in [0.2, 0.25) is 0 Å². The largest absolute Gasteiger partial charge is 0.314 e. The van der Waals surface area contributed by atoms with Gasteiger partial charge in [-0.05, 0) is 100 Å². The Hall–Kier alpha value is -4.70. The minimum Gasteiger partial charge on any atom is -0.314 e. The molecule has 6 aromatic carbocycles. The molecular formula is C49H45BF10OP2Si. The van der Waals surface area contributed by atoms with E-state index in [1.165, 1.54) is 48.5 Å². The number of rotatable bonds is 10. The number of halogens is 10. The zero-order chi connectivity index (χ0) is 47.2. The van der Waals surface area contributed by atoms with Gasteiger partial charge in [0.15, 0.2) is 34.9 Å². The summed E-state index contributed by atoms with van der Waals surface area (Å²) in [7, 11) is -11.6. The van der Waals surface area contributed by atoms with Crippen molar-refractivity contribution in [2.75, 3.05) is 6.16 Å². The van der Waals surface area contributed by atoms with Crippen LogP contribution in [0.4, 0.5) is 43.9 Å². The first kappa shape index (κ1) is 47.3. The number of benzene rings is 6. The molecule has 1 heterocycles. The van der Waals surface area contributed by atoms with E-state index in [0.29, 0.717) is 37.8 Å². The van der Waals surface area contributed by atoms with Gasteiger partial charge in [-0.1, -0.05) is 109 Å². The first-order valence-electron chi connectivity index (χ1n) is 20.6. The minimum atomic E-state index is -4.51. The highest BCUT2D eigenvalue weighted by Crippen LogP contribution is 2.82. The Labute approximate surface area is 368 Å². The Bertz CT molecular complexity index is 2710. The Morgan fingerprint density at radius 2 is 0.781 bits per heavy atom. The van der Waals surface area contributed by atoms with Gasteiger partial charge < -0.3 is 4.57 Å². The quantitative estimate of drug-likeness (QED) is 0.0440. The monoisotopic (exact) mass is 940 g/mol. The Kier molecular flexibility index (Phi) is 12.3. The van der Waals surface area contributed by atoms with Gasteiger partial charge in [-0.15, -0.1) is 5.47 Å². The van der Waals surface area contributed by atoms with Crippen molar-refractivity contribution in [3.05, 3.63) is 187 Å². The summed E-state index contributed by atoms with van der Waals surface area (Å²) in [6, 6.07) is 22.5. The van der Waals surface area contributed by atoms with Crippen LogP contribution in [-0.4, -0.2) is 20.1 Å². The molecule has 15 heteroatoms. The molecule has 0 saturated heterocycles. The summed E-state index contributed by atoms with van der Waals surface area (Å²) in [5.41, 5.74) is 0.517. The van der Waals surface area contributed by atoms with Crippen LogP contribution in [0.15, 0.2) is 95.3 Å². The van der Waals surface area contributed by atoms with E-state index in [1.807, 2.05) is 57.8 Å². The van der Waals surface area contributed by atoms with Crippen molar-refractivity contribution in [2.24, 2.45) is 0 Å². The van der Waals surface area contributed by atoms with Crippen LogP contribution in [0.5, 0.6) is 0 Å². The molecular weight excluding hydrogens is 895 g/mol. The van der Waals surface area contributed by atoms with Gasteiger partial charge in [-0.2, -0.15) is 0 Å². The minimum absolute atomic E-state index is 0.133. The second-order valence-corrected chi connectivity index (χ2v) is 30.0. The second-order valence-electron chi connectivity index (χ2n) is 18.0. The van der Waals surface area contributed by atoms with E-state index in [-0.39, 0.29) is 16.1 Å². The smallest absolute Gasteiger partial charge is 0.272 e. The van der Waals surface area contributed by atoms with Crippen LogP contribution in [0.25, 0.3) is 0 Å². The average molecular weight is 941 g/mol. The van der Waals surface area contributed by atoms with Crippen molar-refractivity contribution in [1.82, 2.24) is 0 Å². The Morgan fingerprint density at radius 3 is 1.08 bits per heavy atom. The van der Waals surface area contributed by atoms with E-state index in [4.69, 9.17) is 0 Å². The zero-order valence-electron chi connectivity index (χ0n) is 36.7. The van der Waals surface area contributed by atoms with Crippen molar-refractivity contribution >= 4 is 60.4 Å². The molecule has 0 aliphatic carbocycles. The van der Waals surface area contributed by atoms with Gasteiger partial charge in [-0.3, -0.25) is 0 Å². The fourth-order valence-corrected chi connectivity index (χ4v) is 27.9. The van der Waals surface area contributed by atoms with Gasteiger partial charge >= 0.3 is 0 Å². The van der Waals surface area contributed by atoms with Crippen LogP contribution in [0.3, 0.4) is 0 Å². The number of hydrogen-bond donors (Lipinski definition) is 0. The molecule has 1 aliphatic rings. The molecule has 334 valence electrons. The van der Waals surface area contributed by atoms with Gasteiger partial charge in [-0.25, -0.2) is 43.9 Å². The van der Waals surface area contributed by atoms with Crippen molar-refractivity contribution in [3.8, 4) is 0 Å². The molecule has 0 aromatic heterocycles. The molecule has 64 heavy (non-hydrogen) atoms. The molecule has 0 amide bonds. The lowest BCUT2D eigenvalue weighted by Gasteiger charge is -2.65. The topological polar surface area (TPSA) is 17.1 Å². The molecule has 0 N–H and O–H groups in total. The number of allylic oxidation sites excluding steroid dienone is 1. The first-order valence-corrected chi connectivity index (χ1v) is 27.9.